The van der Waals surface area contributed by atoms with E-state index < -0.39 is 12.1 Å². The lowest BCUT2D eigenvalue weighted by molar-refractivity contribution is -0.133. The number of hydrogen-bond donors (Lipinski definition) is 2. The molecule has 0 saturated heterocycles. The van der Waals surface area contributed by atoms with Crippen molar-refractivity contribution in [2.75, 3.05) is 18.9 Å². The van der Waals surface area contributed by atoms with Gasteiger partial charge < -0.3 is 15.5 Å². The first-order valence-electron chi connectivity index (χ1n) is 10.4. The number of rotatable bonds is 4. The van der Waals surface area contributed by atoms with Gasteiger partial charge in [0.05, 0.1) is 23.9 Å². The van der Waals surface area contributed by atoms with Gasteiger partial charge in [0.25, 0.3) is 5.91 Å². The molecule has 0 bridgehead atoms. The van der Waals surface area contributed by atoms with Gasteiger partial charge in [0.15, 0.2) is 0 Å². The zero-order chi connectivity index (χ0) is 23.2. The molecule has 8 heteroatoms. The van der Waals surface area contributed by atoms with Crippen LogP contribution >= 0.6 is 11.6 Å². The van der Waals surface area contributed by atoms with E-state index in [4.69, 9.17) is 11.6 Å². The zero-order valence-electron chi connectivity index (χ0n) is 18.4. The van der Waals surface area contributed by atoms with Crippen molar-refractivity contribution in [2.45, 2.75) is 32.9 Å². The van der Waals surface area contributed by atoms with Crippen LogP contribution in [0.3, 0.4) is 0 Å². The molecule has 2 atom stereocenters. The Balaban J connectivity index is 1.61. The summed E-state index contributed by atoms with van der Waals surface area (Å²) in [5.41, 5.74) is 4.42. The highest BCUT2D eigenvalue weighted by Gasteiger charge is 2.45. The van der Waals surface area contributed by atoms with Gasteiger partial charge in [-0.3, -0.25) is 14.5 Å². The number of urea groups is 1. The van der Waals surface area contributed by atoms with Crippen LogP contribution in [0.5, 0.6) is 0 Å². The number of nitrogens with zero attached hydrogens (tertiary/aromatic N) is 2. The van der Waals surface area contributed by atoms with Crippen molar-refractivity contribution in [2.24, 2.45) is 0 Å². The number of anilines is 1. The van der Waals surface area contributed by atoms with Crippen LogP contribution < -0.4 is 10.6 Å². The van der Waals surface area contributed by atoms with Crippen molar-refractivity contribution >= 4 is 35.1 Å². The molecule has 0 radical (unpaired) electrons. The summed E-state index contributed by atoms with van der Waals surface area (Å²) in [6, 6.07) is 11.2. The minimum atomic E-state index is -0.732. The zero-order valence-corrected chi connectivity index (χ0v) is 19.2. The number of aryl methyl sites for hydroxylation is 2. The molecule has 0 fully saturated rings. The van der Waals surface area contributed by atoms with Crippen LogP contribution in [0.2, 0.25) is 5.02 Å². The average Bonchev–Trinajstić information content (AvgIpc) is 3.07. The van der Waals surface area contributed by atoms with Crippen LogP contribution in [0.4, 0.5) is 10.5 Å². The summed E-state index contributed by atoms with van der Waals surface area (Å²) in [5, 5.41) is 6.23. The van der Waals surface area contributed by atoms with E-state index in [2.05, 4.69) is 10.6 Å². The van der Waals surface area contributed by atoms with Crippen LogP contribution in [0.15, 0.2) is 53.7 Å². The van der Waals surface area contributed by atoms with Crippen LogP contribution in [0.1, 0.15) is 29.7 Å². The van der Waals surface area contributed by atoms with E-state index in [-0.39, 0.29) is 24.4 Å². The topological polar surface area (TPSA) is 81.8 Å². The number of nitrogens with one attached hydrogen (secondary N) is 2. The van der Waals surface area contributed by atoms with Crippen molar-refractivity contribution in [1.82, 2.24) is 15.1 Å². The average molecular weight is 453 g/mol. The SMILES string of the molecule is Cc1cc(C)cc(NC(=O)[C@H](C)N2CC3=C(C2=O)[C@@H](c2ccccc2Cl)NC(=O)N3C)c1. The highest BCUT2D eigenvalue weighted by atomic mass is 35.5. The van der Waals surface area contributed by atoms with Gasteiger partial charge in [-0.25, -0.2) is 4.79 Å². The third-order valence-corrected chi connectivity index (χ3v) is 6.28. The molecule has 2 aromatic rings. The summed E-state index contributed by atoms with van der Waals surface area (Å²) in [6.07, 6.45) is 0. The molecule has 0 unspecified atom stereocenters. The Morgan fingerprint density at radius 3 is 2.47 bits per heavy atom. The highest BCUT2D eigenvalue weighted by molar-refractivity contribution is 6.31. The first-order valence-corrected chi connectivity index (χ1v) is 10.8. The van der Waals surface area contributed by atoms with E-state index in [9.17, 15) is 14.4 Å². The molecule has 2 aliphatic rings. The van der Waals surface area contributed by atoms with Gasteiger partial charge in [-0.2, -0.15) is 0 Å². The molecular formula is C24H25ClN4O3. The maximum absolute atomic E-state index is 13.5. The number of halogens is 1. The second-order valence-corrected chi connectivity index (χ2v) is 8.71. The second-order valence-electron chi connectivity index (χ2n) is 8.30. The molecule has 0 saturated carbocycles. The number of hydrogen-bond acceptors (Lipinski definition) is 3. The van der Waals surface area contributed by atoms with E-state index in [0.717, 1.165) is 11.1 Å². The molecule has 7 nitrogen and oxygen atoms in total. The van der Waals surface area contributed by atoms with Gasteiger partial charge in [-0.05, 0) is 55.7 Å². The molecule has 166 valence electrons. The van der Waals surface area contributed by atoms with Gasteiger partial charge in [-0.1, -0.05) is 35.9 Å². The Bertz CT molecular complexity index is 1140. The maximum atomic E-state index is 13.5. The summed E-state index contributed by atoms with van der Waals surface area (Å²) < 4.78 is 0. The number of likely N-dealkylation sites (N-methyl/N-ethyl adjacent to an activating group) is 1. The number of carbonyl (C=O) groups is 3. The fraction of sp³-hybridized carbons (Fsp3) is 0.292. The summed E-state index contributed by atoms with van der Waals surface area (Å²) in [7, 11) is 1.62. The lowest BCUT2D eigenvalue weighted by atomic mass is 9.95. The largest absolute Gasteiger partial charge is 0.326 e. The predicted molar refractivity (Wildman–Crippen MR) is 123 cm³/mol. The minimum Gasteiger partial charge on any atom is -0.326 e. The third kappa shape index (κ3) is 3.84. The van der Waals surface area contributed by atoms with Gasteiger partial charge in [0.1, 0.15) is 6.04 Å². The first-order chi connectivity index (χ1) is 15.2. The third-order valence-electron chi connectivity index (χ3n) is 5.94. The quantitative estimate of drug-likeness (QED) is 0.740. The lowest BCUT2D eigenvalue weighted by Gasteiger charge is -2.31. The second kappa shape index (κ2) is 8.31. The van der Waals surface area contributed by atoms with Gasteiger partial charge in [-0.15, -0.1) is 0 Å². The summed E-state index contributed by atoms with van der Waals surface area (Å²) in [6.45, 7) is 5.78. The molecule has 2 aromatic carbocycles. The van der Waals surface area contributed by atoms with Crippen molar-refractivity contribution in [3.8, 4) is 0 Å². The van der Waals surface area contributed by atoms with Gasteiger partial charge >= 0.3 is 6.03 Å². The van der Waals surface area contributed by atoms with E-state index >= 15 is 0 Å². The monoisotopic (exact) mass is 452 g/mol. The molecule has 2 aliphatic heterocycles. The smallest absolute Gasteiger partial charge is 0.322 e. The number of carbonyl (C=O) groups excluding carboxylic acids is 3. The van der Waals surface area contributed by atoms with Crippen molar-refractivity contribution in [3.05, 3.63) is 75.4 Å². The maximum Gasteiger partial charge on any atom is 0.322 e. The molecule has 0 spiro atoms. The van der Waals surface area contributed by atoms with Gasteiger partial charge in [0, 0.05) is 17.8 Å². The van der Waals surface area contributed by atoms with Crippen molar-refractivity contribution < 1.29 is 14.4 Å². The molecule has 0 aliphatic carbocycles. The van der Waals surface area contributed by atoms with Crippen LogP contribution in [0.25, 0.3) is 0 Å². The number of benzene rings is 2. The Morgan fingerprint density at radius 2 is 1.81 bits per heavy atom. The van der Waals surface area contributed by atoms with Crippen molar-refractivity contribution in [1.29, 1.82) is 0 Å². The highest BCUT2D eigenvalue weighted by Crippen LogP contribution is 2.38. The molecule has 4 rings (SSSR count). The van der Waals surface area contributed by atoms with E-state index in [1.807, 2.05) is 38.1 Å². The molecule has 0 aromatic heterocycles. The Hall–Kier alpha value is -3.32. The molecule has 2 heterocycles. The van der Waals surface area contributed by atoms with E-state index in [0.29, 0.717) is 27.5 Å². The van der Waals surface area contributed by atoms with Crippen LogP contribution in [0, 0.1) is 13.8 Å². The summed E-state index contributed by atoms with van der Waals surface area (Å²) in [4.78, 5) is 41.9. The summed E-state index contributed by atoms with van der Waals surface area (Å²) in [5.74, 6) is -0.584. The Labute approximate surface area is 192 Å². The molecule has 4 amide bonds. The van der Waals surface area contributed by atoms with E-state index in [1.165, 1.54) is 9.80 Å². The Kier molecular flexibility index (Phi) is 5.69. The van der Waals surface area contributed by atoms with Gasteiger partial charge in [0.2, 0.25) is 5.91 Å². The van der Waals surface area contributed by atoms with E-state index in [1.54, 1.807) is 32.2 Å². The Morgan fingerprint density at radius 1 is 1.16 bits per heavy atom. The molecule has 2 N–H and O–H groups in total. The molecule has 32 heavy (non-hydrogen) atoms. The lowest BCUT2D eigenvalue weighted by Crippen LogP contribution is -2.45. The fourth-order valence-electron chi connectivity index (χ4n) is 4.28. The normalized spacial score (nSPS) is 19.1. The number of amides is 4. The standard InChI is InChI=1S/C24H25ClN4O3/c1-13-9-14(2)11-16(10-13)26-22(30)15(3)29-12-19-20(23(29)31)21(27-24(32)28(19)4)17-7-5-6-8-18(17)25/h5-11,15,21H,12H2,1-4H3,(H,26,30)(H,27,32)/t15-,21+/m0/s1. The minimum absolute atomic E-state index is 0.167. The van der Waals surface area contributed by atoms with Crippen LogP contribution in [-0.2, 0) is 9.59 Å². The van der Waals surface area contributed by atoms with Crippen molar-refractivity contribution in [3.63, 3.8) is 0 Å². The molecular weight excluding hydrogens is 428 g/mol. The van der Waals surface area contributed by atoms with Crippen LogP contribution in [-0.4, -0.2) is 47.3 Å². The summed E-state index contributed by atoms with van der Waals surface area (Å²) >= 11 is 6.37. The fourth-order valence-corrected chi connectivity index (χ4v) is 4.52. The first kappa shape index (κ1) is 21.9. The predicted octanol–water partition coefficient (Wildman–Crippen LogP) is 3.78.